The fourth-order valence-corrected chi connectivity index (χ4v) is 2.61. The van der Waals surface area contributed by atoms with E-state index in [1.54, 1.807) is 38.1 Å². The predicted molar refractivity (Wildman–Crippen MR) is 114 cm³/mol. The summed E-state index contributed by atoms with van der Waals surface area (Å²) in [4.78, 5) is 37.1. The second-order valence-corrected chi connectivity index (χ2v) is 7.15. The van der Waals surface area contributed by atoms with Gasteiger partial charge in [-0.2, -0.15) is 5.26 Å². The van der Waals surface area contributed by atoms with Crippen molar-refractivity contribution in [1.29, 1.82) is 5.26 Å². The summed E-state index contributed by atoms with van der Waals surface area (Å²) in [7, 11) is 0. The van der Waals surface area contributed by atoms with Crippen LogP contribution in [0.25, 0.3) is 0 Å². The van der Waals surface area contributed by atoms with Gasteiger partial charge in [0.05, 0.1) is 11.3 Å². The third-order valence-corrected chi connectivity index (χ3v) is 4.37. The van der Waals surface area contributed by atoms with E-state index < -0.39 is 30.1 Å². The molecule has 0 radical (unpaired) electrons. The number of para-hydroxylation sites is 1. The lowest BCUT2D eigenvalue weighted by Gasteiger charge is -2.22. The molecular weight excluding hydrogens is 398 g/mol. The molecule has 0 spiro atoms. The zero-order valence-corrected chi connectivity index (χ0v) is 17.6. The minimum Gasteiger partial charge on any atom is -0.451 e. The lowest BCUT2D eigenvalue weighted by atomic mass is 10.1. The molecule has 2 amide bonds. The maximum Gasteiger partial charge on any atom is 0.408 e. The van der Waals surface area contributed by atoms with Crippen LogP contribution in [0, 0.1) is 17.2 Å². The molecular formula is C23H25N3O5. The van der Waals surface area contributed by atoms with Crippen LogP contribution in [-0.4, -0.2) is 30.1 Å². The van der Waals surface area contributed by atoms with Crippen LogP contribution in [0.3, 0.4) is 0 Å². The van der Waals surface area contributed by atoms with E-state index in [1.165, 1.54) is 6.92 Å². The van der Waals surface area contributed by atoms with E-state index in [4.69, 9.17) is 14.7 Å². The minimum atomic E-state index is -1.14. The van der Waals surface area contributed by atoms with Crippen LogP contribution in [0.2, 0.25) is 0 Å². The standard InChI is InChI=1S/C23H25N3O5/c1-15(2)20(26-23(29)30-14-17-9-5-4-6-10-17)22(28)31-16(3)21(27)25-19-12-8-7-11-18(19)13-24/h4-12,15-16,20H,14H2,1-3H3,(H,25,27)(H,26,29)/t16-,20+/m1/s1. The number of carbonyl (C=O) groups is 3. The molecule has 2 aromatic carbocycles. The first-order chi connectivity index (χ1) is 14.8. The van der Waals surface area contributed by atoms with Gasteiger partial charge >= 0.3 is 12.1 Å². The van der Waals surface area contributed by atoms with Crippen LogP contribution in [0.15, 0.2) is 54.6 Å². The largest absolute Gasteiger partial charge is 0.451 e. The van der Waals surface area contributed by atoms with Crippen molar-refractivity contribution < 1.29 is 23.9 Å². The number of nitrogens with one attached hydrogen (secondary N) is 2. The maximum absolute atomic E-state index is 12.6. The first-order valence-corrected chi connectivity index (χ1v) is 9.79. The van der Waals surface area contributed by atoms with Gasteiger partial charge in [-0.1, -0.05) is 56.3 Å². The Kier molecular flexibility index (Phi) is 8.58. The average molecular weight is 423 g/mol. The highest BCUT2D eigenvalue weighted by Gasteiger charge is 2.29. The molecule has 2 aromatic rings. The number of nitrogens with zero attached hydrogens (tertiary/aromatic N) is 1. The summed E-state index contributed by atoms with van der Waals surface area (Å²) in [5, 5.41) is 14.2. The van der Waals surface area contributed by atoms with Crippen molar-refractivity contribution >= 4 is 23.7 Å². The highest BCUT2D eigenvalue weighted by atomic mass is 16.6. The van der Waals surface area contributed by atoms with E-state index in [0.717, 1.165) is 5.56 Å². The summed E-state index contributed by atoms with van der Waals surface area (Å²) >= 11 is 0. The van der Waals surface area contributed by atoms with Crippen LogP contribution in [-0.2, 0) is 25.7 Å². The van der Waals surface area contributed by atoms with Crippen LogP contribution >= 0.6 is 0 Å². The SMILES string of the molecule is CC(C)[C@H](NC(=O)OCc1ccccc1)C(=O)O[C@H](C)C(=O)Nc1ccccc1C#N. The number of esters is 1. The Morgan fingerprint density at radius 2 is 1.65 bits per heavy atom. The summed E-state index contributed by atoms with van der Waals surface area (Å²) in [6.45, 7) is 4.94. The number of benzene rings is 2. The van der Waals surface area contributed by atoms with Gasteiger partial charge in [-0.15, -0.1) is 0 Å². The van der Waals surface area contributed by atoms with Gasteiger partial charge in [0.2, 0.25) is 0 Å². The molecule has 2 atom stereocenters. The van der Waals surface area contributed by atoms with E-state index in [9.17, 15) is 14.4 Å². The van der Waals surface area contributed by atoms with Gasteiger partial charge in [0.25, 0.3) is 5.91 Å². The summed E-state index contributed by atoms with van der Waals surface area (Å²) in [6.07, 6.45) is -1.90. The fourth-order valence-electron chi connectivity index (χ4n) is 2.61. The van der Waals surface area contributed by atoms with Crippen molar-refractivity contribution in [2.24, 2.45) is 5.92 Å². The molecule has 2 rings (SSSR count). The van der Waals surface area contributed by atoms with Gasteiger partial charge in [0.1, 0.15) is 18.7 Å². The number of anilines is 1. The molecule has 0 saturated carbocycles. The summed E-state index contributed by atoms with van der Waals surface area (Å²) in [5.41, 5.74) is 1.42. The van der Waals surface area contributed by atoms with Crippen molar-refractivity contribution in [3.05, 3.63) is 65.7 Å². The predicted octanol–water partition coefficient (Wildman–Crippen LogP) is 3.38. The zero-order valence-electron chi connectivity index (χ0n) is 17.6. The third-order valence-electron chi connectivity index (χ3n) is 4.37. The van der Waals surface area contributed by atoms with Crippen LogP contribution < -0.4 is 10.6 Å². The van der Waals surface area contributed by atoms with Crippen molar-refractivity contribution in [3.63, 3.8) is 0 Å². The first-order valence-electron chi connectivity index (χ1n) is 9.79. The van der Waals surface area contributed by atoms with Crippen LogP contribution in [0.4, 0.5) is 10.5 Å². The molecule has 0 aliphatic carbocycles. The normalized spacial score (nSPS) is 12.2. The lowest BCUT2D eigenvalue weighted by molar-refractivity contribution is -0.156. The fraction of sp³-hybridized carbons (Fsp3) is 0.304. The highest BCUT2D eigenvalue weighted by Crippen LogP contribution is 2.15. The maximum atomic E-state index is 12.6. The van der Waals surface area contributed by atoms with Crippen LogP contribution in [0.1, 0.15) is 31.9 Å². The number of ether oxygens (including phenoxy) is 2. The number of alkyl carbamates (subject to hydrolysis) is 1. The topological polar surface area (TPSA) is 118 Å². The van der Waals surface area contributed by atoms with Gasteiger partial charge in [0.15, 0.2) is 6.10 Å². The molecule has 2 N–H and O–H groups in total. The van der Waals surface area contributed by atoms with E-state index in [1.807, 2.05) is 36.4 Å². The number of nitriles is 1. The van der Waals surface area contributed by atoms with Crippen LogP contribution in [0.5, 0.6) is 0 Å². The molecule has 0 bridgehead atoms. The Bertz CT molecular complexity index is 953. The molecule has 31 heavy (non-hydrogen) atoms. The van der Waals surface area contributed by atoms with E-state index in [2.05, 4.69) is 10.6 Å². The van der Waals surface area contributed by atoms with Gasteiger partial charge in [-0.25, -0.2) is 9.59 Å². The van der Waals surface area contributed by atoms with Gasteiger partial charge < -0.3 is 20.1 Å². The summed E-state index contributed by atoms with van der Waals surface area (Å²) in [6, 6.07) is 16.6. The Morgan fingerprint density at radius 3 is 2.29 bits per heavy atom. The molecule has 0 aliphatic heterocycles. The number of amides is 2. The quantitative estimate of drug-likeness (QED) is 0.629. The summed E-state index contributed by atoms with van der Waals surface area (Å²) < 4.78 is 10.4. The molecule has 8 heteroatoms. The van der Waals surface area contributed by atoms with Crippen molar-refractivity contribution in [3.8, 4) is 6.07 Å². The van der Waals surface area contributed by atoms with Crippen molar-refractivity contribution in [2.75, 3.05) is 5.32 Å². The minimum absolute atomic E-state index is 0.0592. The van der Waals surface area contributed by atoms with Gasteiger partial charge in [0, 0.05) is 0 Å². The monoisotopic (exact) mass is 423 g/mol. The smallest absolute Gasteiger partial charge is 0.408 e. The Hall–Kier alpha value is -3.86. The van der Waals surface area contributed by atoms with Gasteiger partial charge in [-0.05, 0) is 30.5 Å². The molecule has 0 saturated heterocycles. The Labute approximate surface area is 181 Å². The van der Waals surface area contributed by atoms with E-state index in [0.29, 0.717) is 5.69 Å². The van der Waals surface area contributed by atoms with E-state index >= 15 is 0 Å². The Balaban J connectivity index is 1.92. The second-order valence-electron chi connectivity index (χ2n) is 7.15. The molecule has 8 nitrogen and oxygen atoms in total. The molecule has 0 unspecified atom stereocenters. The van der Waals surface area contributed by atoms with E-state index in [-0.39, 0.29) is 18.1 Å². The molecule has 162 valence electrons. The van der Waals surface area contributed by atoms with Crippen molar-refractivity contribution in [2.45, 2.75) is 39.5 Å². The summed E-state index contributed by atoms with van der Waals surface area (Å²) in [5.74, 6) is -1.65. The average Bonchev–Trinajstić information content (AvgIpc) is 2.76. The number of hydrogen-bond donors (Lipinski definition) is 2. The zero-order chi connectivity index (χ0) is 22.8. The number of hydrogen-bond acceptors (Lipinski definition) is 6. The third kappa shape index (κ3) is 7.16. The van der Waals surface area contributed by atoms with Gasteiger partial charge in [-0.3, -0.25) is 4.79 Å². The number of carbonyl (C=O) groups excluding carboxylic acids is 3. The highest BCUT2D eigenvalue weighted by molar-refractivity contribution is 5.96. The molecule has 0 aliphatic rings. The lowest BCUT2D eigenvalue weighted by Crippen LogP contribution is -2.47. The molecule has 0 heterocycles. The first kappa shape index (κ1) is 23.4. The molecule has 0 fully saturated rings. The Morgan fingerprint density at radius 1 is 1.00 bits per heavy atom. The molecule has 0 aromatic heterocycles. The van der Waals surface area contributed by atoms with Crippen molar-refractivity contribution in [1.82, 2.24) is 5.32 Å². The second kappa shape index (κ2) is 11.4. The number of rotatable bonds is 8.